The topological polar surface area (TPSA) is 133 Å². The van der Waals surface area contributed by atoms with Crippen LogP contribution in [0, 0.1) is 10.1 Å². The molecule has 0 radical (unpaired) electrons. The summed E-state index contributed by atoms with van der Waals surface area (Å²) in [5.74, 6) is -1.44. The number of ether oxygens (including phenoxy) is 1. The van der Waals surface area contributed by atoms with E-state index in [-0.39, 0.29) is 22.1 Å². The van der Waals surface area contributed by atoms with Crippen molar-refractivity contribution >= 4 is 29.5 Å². The van der Waals surface area contributed by atoms with Gasteiger partial charge in [0.25, 0.3) is 5.69 Å². The van der Waals surface area contributed by atoms with Gasteiger partial charge in [-0.1, -0.05) is 16.8 Å². The van der Waals surface area contributed by atoms with Crippen LogP contribution in [0.15, 0.2) is 41.6 Å². The van der Waals surface area contributed by atoms with Crippen molar-refractivity contribution in [3.63, 3.8) is 0 Å². The first-order valence-corrected chi connectivity index (χ1v) is 8.89. The van der Waals surface area contributed by atoms with Gasteiger partial charge >= 0.3 is 12.1 Å². The van der Waals surface area contributed by atoms with Crippen LogP contribution in [0.2, 0.25) is 5.02 Å². The normalized spacial score (nSPS) is 12.5. The zero-order valence-electron chi connectivity index (χ0n) is 16.1. The maximum atomic E-state index is 12.8. The number of nitro groups is 1. The predicted molar refractivity (Wildman–Crippen MR) is 105 cm³/mol. The van der Waals surface area contributed by atoms with E-state index in [1.807, 2.05) is 0 Å². The highest BCUT2D eigenvalue weighted by Crippen LogP contribution is 2.37. The third kappa shape index (κ3) is 6.80. The first kappa shape index (κ1) is 24.8. The molecular formula is C18H15ClF3N3O7. The summed E-state index contributed by atoms with van der Waals surface area (Å²) in [7, 11) is 1.21. The molecule has 0 aliphatic rings. The SMILES string of the molecule is CON=CC(NOCC(=O)O)c1cc(Oc2ccc(C(F)(F)F)cc2Cl)ccc1[N+](=O)[O-]. The highest BCUT2D eigenvalue weighted by atomic mass is 35.5. The van der Waals surface area contributed by atoms with Crippen LogP contribution >= 0.6 is 11.6 Å². The number of oxime groups is 1. The van der Waals surface area contributed by atoms with Crippen molar-refractivity contribution < 1.29 is 42.4 Å². The number of nitrogens with zero attached hydrogens (tertiary/aromatic N) is 2. The Morgan fingerprint density at radius 2 is 2.06 bits per heavy atom. The molecule has 172 valence electrons. The van der Waals surface area contributed by atoms with Crippen LogP contribution in [0.4, 0.5) is 18.9 Å². The number of nitro benzene ring substituents is 1. The molecular weight excluding hydrogens is 463 g/mol. The van der Waals surface area contributed by atoms with Gasteiger partial charge in [-0.25, -0.2) is 4.79 Å². The molecule has 2 N–H and O–H groups in total. The number of alkyl halides is 3. The van der Waals surface area contributed by atoms with E-state index in [0.29, 0.717) is 6.07 Å². The Balaban J connectivity index is 2.40. The molecule has 1 atom stereocenters. The molecule has 0 aromatic heterocycles. The average molecular weight is 478 g/mol. The Kier molecular flexibility index (Phi) is 8.34. The van der Waals surface area contributed by atoms with Gasteiger partial charge in [0.2, 0.25) is 0 Å². The van der Waals surface area contributed by atoms with Gasteiger partial charge in [-0.2, -0.15) is 18.7 Å². The molecule has 0 amide bonds. The van der Waals surface area contributed by atoms with Crippen molar-refractivity contribution in [3.8, 4) is 11.5 Å². The van der Waals surface area contributed by atoms with Gasteiger partial charge in [0.1, 0.15) is 24.7 Å². The van der Waals surface area contributed by atoms with Crippen molar-refractivity contribution in [3.05, 3.63) is 62.7 Å². The summed E-state index contributed by atoms with van der Waals surface area (Å²) in [5, 5.41) is 23.3. The Labute approximate surface area is 183 Å². The molecule has 1 unspecified atom stereocenters. The number of nitrogens with one attached hydrogen (secondary N) is 1. The fourth-order valence-corrected chi connectivity index (χ4v) is 2.61. The summed E-state index contributed by atoms with van der Waals surface area (Å²) in [6.45, 7) is -0.761. The smallest absolute Gasteiger partial charge is 0.416 e. The number of hydroxylamine groups is 1. The van der Waals surface area contributed by atoms with Gasteiger partial charge in [-0.3, -0.25) is 15.0 Å². The van der Waals surface area contributed by atoms with Crippen molar-refractivity contribution in [1.29, 1.82) is 0 Å². The summed E-state index contributed by atoms with van der Waals surface area (Å²) in [4.78, 5) is 30.7. The summed E-state index contributed by atoms with van der Waals surface area (Å²) in [5.41, 5.74) is 0.850. The number of benzene rings is 2. The summed E-state index contributed by atoms with van der Waals surface area (Å²) < 4.78 is 43.9. The number of halogens is 4. The highest BCUT2D eigenvalue weighted by Gasteiger charge is 2.31. The Hall–Kier alpha value is -3.42. The average Bonchev–Trinajstić information content (AvgIpc) is 2.70. The lowest BCUT2D eigenvalue weighted by molar-refractivity contribution is -0.385. The van der Waals surface area contributed by atoms with Crippen molar-refractivity contribution in [2.24, 2.45) is 5.16 Å². The lowest BCUT2D eigenvalue weighted by Gasteiger charge is -2.16. The number of carboxylic acids is 1. The number of carboxylic acid groups (broad SMARTS) is 1. The van der Waals surface area contributed by atoms with Crippen LogP contribution in [-0.2, 0) is 20.6 Å². The first-order valence-electron chi connectivity index (χ1n) is 8.51. The summed E-state index contributed by atoms with van der Waals surface area (Å²) >= 11 is 5.88. The number of carbonyl (C=O) groups is 1. The minimum Gasteiger partial charge on any atom is -0.479 e. The van der Waals surface area contributed by atoms with E-state index in [1.165, 1.54) is 19.2 Å². The van der Waals surface area contributed by atoms with Crippen LogP contribution < -0.4 is 10.2 Å². The standard InChI is InChI=1S/C18H15ClF3N3O7/c1-30-23-8-14(24-31-9-17(26)27)12-7-11(3-4-15(12)25(28)29)32-16-5-2-10(6-13(16)19)18(20,21)22/h2-8,14,24H,9H2,1H3,(H,26,27). The Bertz CT molecular complexity index is 1020. The third-order valence-corrected chi connectivity index (χ3v) is 4.03. The third-order valence-electron chi connectivity index (χ3n) is 3.74. The molecule has 32 heavy (non-hydrogen) atoms. The van der Waals surface area contributed by atoms with Gasteiger partial charge in [-0.15, -0.1) is 0 Å². The largest absolute Gasteiger partial charge is 0.479 e. The maximum absolute atomic E-state index is 12.8. The lowest BCUT2D eigenvalue weighted by Crippen LogP contribution is -2.26. The minimum atomic E-state index is -4.60. The van der Waals surface area contributed by atoms with Crippen LogP contribution in [0.3, 0.4) is 0 Å². The Morgan fingerprint density at radius 1 is 1.34 bits per heavy atom. The Morgan fingerprint density at radius 3 is 2.62 bits per heavy atom. The molecule has 10 nitrogen and oxygen atoms in total. The van der Waals surface area contributed by atoms with E-state index in [0.717, 1.165) is 24.4 Å². The molecule has 2 aromatic carbocycles. The molecule has 0 saturated heterocycles. The summed E-state index contributed by atoms with van der Waals surface area (Å²) in [6, 6.07) is 4.77. The van der Waals surface area contributed by atoms with Crippen LogP contribution in [0.25, 0.3) is 0 Å². The van der Waals surface area contributed by atoms with Gasteiger partial charge in [0.05, 0.1) is 27.3 Å². The van der Waals surface area contributed by atoms with E-state index in [2.05, 4.69) is 15.5 Å². The van der Waals surface area contributed by atoms with Crippen molar-refractivity contribution in [2.45, 2.75) is 12.2 Å². The molecule has 0 spiro atoms. The quantitative estimate of drug-likeness (QED) is 0.293. The molecule has 2 rings (SSSR count). The molecule has 0 heterocycles. The van der Waals surface area contributed by atoms with E-state index >= 15 is 0 Å². The number of rotatable bonds is 10. The van der Waals surface area contributed by atoms with Crippen LogP contribution in [0.1, 0.15) is 17.2 Å². The van der Waals surface area contributed by atoms with E-state index in [4.69, 9.17) is 26.3 Å². The van der Waals surface area contributed by atoms with E-state index < -0.39 is 41.0 Å². The molecule has 2 aromatic rings. The van der Waals surface area contributed by atoms with Gasteiger partial charge < -0.3 is 14.7 Å². The van der Waals surface area contributed by atoms with Crippen molar-refractivity contribution in [1.82, 2.24) is 5.48 Å². The summed E-state index contributed by atoms with van der Waals surface area (Å²) in [6.07, 6.45) is -3.53. The second-order valence-electron chi connectivity index (χ2n) is 5.94. The monoisotopic (exact) mass is 477 g/mol. The van der Waals surface area contributed by atoms with Gasteiger partial charge in [0, 0.05) is 6.07 Å². The molecule has 0 aliphatic heterocycles. The van der Waals surface area contributed by atoms with E-state index in [1.54, 1.807) is 0 Å². The predicted octanol–water partition coefficient (Wildman–Crippen LogP) is 4.34. The van der Waals surface area contributed by atoms with Gasteiger partial charge in [0.15, 0.2) is 6.61 Å². The molecule has 0 saturated carbocycles. The van der Waals surface area contributed by atoms with Crippen molar-refractivity contribution in [2.75, 3.05) is 13.7 Å². The molecule has 14 heteroatoms. The zero-order valence-corrected chi connectivity index (χ0v) is 16.9. The highest BCUT2D eigenvalue weighted by molar-refractivity contribution is 6.32. The zero-order chi connectivity index (χ0) is 23.9. The number of aliphatic carboxylic acids is 1. The molecule has 0 aliphatic carbocycles. The lowest BCUT2D eigenvalue weighted by atomic mass is 10.1. The van der Waals surface area contributed by atoms with Crippen LogP contribution in [-0.4, -0.2) is 35.9 Å². The second kappa shape index (κ2) is 10.7. The first-order chi connectivity index (χ1) is 15.0. The van der Waals surface area contributed by atoms with Crippen LogP contribution in [0.5, 0.6) is 11.5 Å². The second-order valence-corrected chi connectivity index (χ2v) is 6.34. The van der Waals surface area contributed by atoms with E-state index in [9.17, 15) is 28.1 Å². The fourth-order valence-electron chi connectivity index (χ4n) is 2.39. The van der Waals surface area contributed by atoms with Gasteiger partial charge in [-0.05, 0) is 30.3 Å². The number of hydrogen-bond acceptors (Lipinski definition) is 8. The molecule has 0 bridgehead atoms. The minimum absolute atomic E-state index is 0.0110. The fraction of sp³-hybridized carbons (Fsp3) is 0.222. The number of hydrogen-bond donors (Lipinski definition) is 2. The molecule has 0 fully saturated rings. The maximum Gasteiger partial charge on any atom is 0.416 e.